The predicted octanol–water partition coefficient (Wildman–Crippen LogP) is 1.90. The van der Waals surface area contributed by atoms with E-state index in [1.807, 2.05) is 24.3 Å². The lowest BCUT2D eigenvalue weighted by molar-refractivity contribution is 0.00409. The van der Waals surface area contributed by atoms with Gasteiger partial charge in [-0.25, -0.2) is 4.68 Å². The molecule has 1 atom stereocenters. The highest BCUT2D eigenvalue weighted by molar-refractivity contribution is 5.35. The smallest absolute Gasteiger partial charge is 0.143 e. The molecule has 1 unspecified atom stereocenters. The first kappa shape index (κ1) is 13.6. The van der Waals surface area contributed by atoms with Crippen molar-refractivity contribution in [2.75, 3.05) is 6.61 Å². The zero-order chi connectivity index (χ0) is 13.7. The van der Waals surface area contributed by atoms with E-state index in [1.165, 1.54) is 0 Å². The van der Waals surface area contributed by atoms with Crippen LogP contribution in [0, 0.1) is 5.92 Å². The maximum Gasteiger partial charge on any atom is 0.143 e. The Morgan fingerprint density at radius 1 is 1.32 bits per heavy atom. The summed E-state index contributed by atoms with van der Waals surface area (Å²) in [5, 5.41) is 11.1. The van der Waals surface area contributed by atoms with Crippen LogP contribution in [0.4, 0.5) is 0 Å². The number of rotatable bonds is 6. The predicted molar refractivity (Wildman–Crippen MR) is 71.5 cm³/mol. The molecule has 2 aromatic rings. The second kappa shape index (κ2) is 6.40. The van der Waals surface area contributed by atoms with E-state index >= 15 is 0 Å². The Morgan fingerprint density at radius 3 is 2.84 bits per heavy atom. The summed E-state index contributed by atoms with van der Waals surface area (Å²) < 4.78 is 1.63. The Balaban J connectivity index is 2.02. The van der Waals surface area contributed by atoms with Crippen molar-refractivity contribution in [3.05, 3.63) is 36.2 Å². The third kappa shape index (κ3) is 3.84. The quantitative estimate of drug-likeness (QED) is 0.805. The van der Waals surface area contributed by atoms with Gasteiger partial charge in [-0.05, 0) is 41.0 Å². The van der Waals surface area contributed by atoms with Gasteiger partial charge in [0.15, 0.2) is 0 Å². The van der Waals surface area contributed by atoms with Gasteiger partial charge in [0.05, 0.1) is 18.3 Å². The van der Waals surface area contributed by atoms with Crippen LogP contribution in [0.2, 0.25) is 0 Å². The molecule has 0 bridgehead atoms. The lowest BCUT2D eigenvalue weighted by atomic mass is 10.1. The molecule has 6 nitrogen and oxygen atoms in total. The molecule has 0 aliphatic carbocycles. The van der Waals surface area contributed by atoms with Crippen molar-refractivity contribution in [3.8, 4) is 5.69 Å². The molecule has 0 aliphatic rings. The van der Waals surface area contributed by atoms with E-state index in [1.54, 1.807) is 11.0 Å². The van der Waals surface area contributed by atoms with Gasteiger partial charge in [-0.3, -0.25) is 0 Å². The first-order valence-corrected chi connectivity index (χ1v) is 6.37. The molecule has 0 spiro atoms. The Labute approximate surface area is 112 Å². The van der Waals surface area contributed by atoms with E-state index in [2.05, 4.69) is 41.8 Å². The van der Waals surface area contributed by atoms with Crippen molar-refractivity contribution in [2.45, 2.75) is 26.8 Å². The van der Waals surface area contributed by atoms with Gasteiger partial charge in [0.1, 0.15) is 6.33 Å². The van der Waals surface area contributed by atoms with E-state index in [0.29, 0.717) is 12.5 Å². The molecule has 0 radical (unpaired) electrons. The molecule has 2 rings (SSSR count). The normalized spacial score (nSPS) is 12.8. The topological polar surface area (TPSA) is 64.9 Å². The molecule has 6 heteroatoms. The summed E-state index contributed by atoms with van der Waals surface area (Å²) in [4.78, 5) is 5.44. The lowest BCUT2D eigenvalue weighted by Crippen LogP contribution is -2.21. The summed E-state index contributed by atoms with van der Waals surface area (Å²) >= 11 is 0. The van der Waals surface area contributed by atoms with Gasteiger partial charge in [-0.2, -0.15) is 5.48 Å². The zero-order valence-corrected chi connectivity index (χ0v) is 11.4. The first-order chi connectivity index (χ1) is 9.16. The third-order valence-electron chi connectivity index (χ3n) is 2.66. The van der Waals surface area contributed by atoms with Crippen LogP contribution < -0.4 is 5.48 Å². The number of tetrazole rings is 1. The number of aromatic nitrogens is 4. The van der Waals surface area contributed by atoms with Gasteiger partial charge in [-0.15, -0.1) is 5.10 Å². The number of hydroxylamine groups is 1. The summed E-state index contributed by atoms with van der Waals surface area (Å²) in [7, 11) is 0. The van der Waals surface area contributed by atoms with Crippen LogP contribution >= 0.6 is 0 Å². The van der Waals surface area contributed by atoms with Crippen molar-refractivity contribution in [1.82, 2.24) is 25.7 Å². The first-order valence-electron chi connectivity index (χ1n) is 6.37. The fourth-order valence-corrected chi connectivity index (χ4v) is 1.62. The molecule has 102 valence electrons. The van der Waals surface area contributed by atoms with Gasteiger partial charge in [0, 0.05) is 0 Å². The largest absolute Gasteiger partial charge is 0.301 e. The monoisotopic (exact) mass is 261 g/mol. The summed E-state index contributed by atoms with van der Waals surface area (Å²) in [5.74, 6) is 0.507. The Kier molecular flexibility index (Phi) is 4.59. The van der Waals surface area contributed by atoms with E-state index in [-0.39, 0.29) is 6.04 Å². The Morgan fingerprint density at radius 2 is 2.16 bits per heavy atom. The second-order valence-corrected chi connectivity index (χ2v) is 4.89. The molecular formula is C13H19N5O. The lowest BCUT2D eigenvalue weighted by Gasteiger charge is -2.16. The summed E-state index contributed by atoms with van der Waals surface area (Å²) in [5.41, 5.74) is 5.09. The Hall–Kier alpha value is -1.79. The summed E-state index contributed by atoms with van der Waals surface area (Å²) in [6, 6.07) is 8.13. The summed E-state index contributed by atoms with van der Waals surface area (Å²) in [6.45, 7) is 6.98. The van der Waals surface area contributed by atoms with Gasteiger partial charge < -0.3 is 4.84 Å². The maximum atomic E-state index is 5.44. The van der Waals surface area contributed by atoms with Crippen molar-refractivity contribution >= 4 is 0 Å². The van der Waals surface area contributed by atoms with Crippen LogP contribution in [0.5, 0.6) is 0 Å². The molecule has 19 heavy (non-hydrogen) atoms. The van der Waals surface area contributed by atoms with Crippen molar-refractivity contribution in [2.24, 2.45) is 5.92 Å². The minimum absolute atomic E-state index is 0.107. The van der Waals surface area contributed by atoms with Gasteiger partial charge in [-0.1, -0.05) is 26.0 Å². The maximum absolute atomic E-state index is 5.44. The van der Waals surface area contributed by atoms with E-state index < -0.39 is 0 Å². The van der Waals surface area contributed by atoms with Crippen LogP contribution in [-0.4, -0.2) is 26.8 Å². The minimum Gasteiger partial charge on any atom is -0.301 e. The third-order valence-corrected chi connectivity index (χ3v) is 2.66. The molecule has 0 saturated heterocycles. The second-order valence-electron chi connectivity index (χ2n) is 4.89. The highest BCUT2D eigenvalue weighted by Gasteiger charge is 2.07. The van der Waals surface area contributed by atoms with Crippen LogP contribution in [0.25, 0.3) is 5.69 Å². The zero-order valence-electron chi connectivity index (χ0n) is 11.4. The average molecular weight is 261 g/mol. The van der Waals surface area contributed by atoms with Crippen molar-refractivity contribution in [1.29, 1.82) is 0 Å². The minimum atomic E-state index is 0.107. The molecule has 1 aromatic carbocycles. The molecule has 0 aliphatic heterocycles. The number of hydrogen-bond donors (Lipinski definition) is 1. The number of nitrogens with one attached hydrogen (secondary N) is 1. The molecule has 0 fully saturated rings. The number of benzene rings is 1. The molecule has 0 saturated carbocycles. The van der Waals surface area contributed by atoms with Crippen LogP contribution in [-0.2, 0) is 4.84 Å². The fourth-order valence-electron chi connectivity index (χ4n) is 1.62. The van der Waals surface area contributed by atoms with Crippen LogP contribution in [0.15, 0.2) is 30.6 Å². The van der Waals surface area contributed by atoms with Gasteiger partial charge >= 0.3 is 0 Å². The summed E-state index contributed by atoms with van der Waals surface area (Å²) in [6.07, 6.45) is 1.58. The SMILES string of the molecule is CC(C)CONC(C)c1cccc(-n2cnnn2)c1. The molecule has 1 heterocycles. The van der Waals surface area contributed by atoms with E-state index in [9.17, 15) is 0 Å². The number of hydrogen-bond acceptors (Lipinski definition) is 5. The van der Waals surface area contributed by atoms with Crippen LogP contribution in [0.1, 0.15) is 32.4 Å². The highest BCUT2D eigenvalue weighted by Crippen LogP contribution is 2.16. The molecule has 0 amide bonds. The van der Waals surface area contributed by atoms with Crippen LogP contribution in [0.3, 0.4) is 0 Å². The van der Waals surface area contributed by atoms with Crippen molar-refractivity contribution < 1.29 is 4.84 Å². The standard InChI is InChI=1S/C13H19N5O/c1-10(2)8-19-15-11(3)12-5-4-6-13(7-12)18-9-14-16-17-18/h4-7,9-11,15H,8H2,1-3H3. The van der Waals surface area contributed by atoms with Gasteiger partial charge in [0.2, 0.25) is 0 Å². The molecule has 1 aromatic heterocycles. The highest BCUT2D eigenvalue weighted by atomic mass is 16.6. The van der Waals surface area contributed by atoms with Gasteiger partial charge in [0.25, 0.3) is 0 Å². The average Bonchev–Trinajstić information content (AvgIpc) is 2.92. The molecular weight excluding hydrogens is 242 g/mol. The Bertz CT molecular complexity index is 497. The van der Waals surface area contributed by atoms with E-state index in [4.69, 9.17) is 4.84 Å². The van der Waals surface area contributed by atoms with Crippen molar-refractivity contribution in [3.63, 3.8) is 0 Å². The van der Waals surface area contributed by atoms with E-state index in [0.717, 1.165) is 11.3 Å². The molecule has 1 N–H and O–H groups in total. The fraction of sp³-hybridized carbons (Fsp3) is 0.462. The number of nitrogens with zero attached hydrogens (tertiary/aromatic N) is 4.